The number of hydrogen-bond donors (Lipinski definition) is 1. The third kappa shape index (κ3) is 3.74. The Balaban J connectivity index is 1.45. The molecule has 5 heteroatoms. The Labute approximate surface area is 137 Å². The van der Waals surface area contributed by atoms with E-state index in [0.29, 0.717) is 0 Å². The molecule has 4 rings (SSSR count). The number of fused-ring (bicyclic) bond motifs is 1. The van der Waals surface area contributed by atoms with Crippen LogP contribution in [-0.2, 0) is 13.1 Å². The zero-order valence-corrected chi connectivity index (χ0v) is 13.8. The molecule has 2 fully saturated rings. The molecule has 5 nitrogen and oxygen atoms in total. The quantitative estimate of drug-likeness (QED) is 0.937. The molecule has 124 valence electrons. The van der Waals surface area contributed by atoms with Crippen molar-refractivity contribution >= 4 is 11.1 Å². The molecule has 0 atom stereocenters. The van der Waals surface area contributed by atoms with E-state index in [4.69, 9.17) is 9.40 Å². The lowest BCUT2D eigenvalue weighted by molar-refractivity contribution is 0.203. The highest BCUT2D eigenvalue weighted by Gasteiger charge is 2.15. The van der Waals surface area contributed by atoms with Gasteiger partial charge in [0.25, 0.3) is 0 Å². The molecule has 0 amide bonds. The van der Waals surface area contributed by atoms with E-state index in [1.807, 2.05) is 0 Å². The van der Waals surface area contributed by atoms with E-state index >= 15 is 0 Å². The number of piperazine rings is 1. The van der Waals surface area contributed by atoms with E-state index in [1.54, 1.807) is 0 Å². The van der Waals surface area contributed by atoms with Crippen LogP contribution in [0.5, 0.6) is 0 Å². The van der Waals surface area contributed by atoms with Gasteiger partial charge in [-0.25, -0.2) is 4.98 Å². The molecule has 2 saturated heterocycles. The number of likely N-dealkylation sites (tertiary alicyclic amines) is 1. The second-order valence-corrected chi connectivity index (χ2v) is 6.77. The van der Waals surface area contributed by atoms with E-state index < -0.39 is 0 Å². The van der Waals surface area contributed by atoms with Crippen LogP contribution in [0.2, 0.25) is 0 Å². The average molecular weight is 314 g/mol. The van der Waals surface area contributed by atoms with Gasteiger partial charge in [0.2, 0.25) is 5.89 Å². The lowest BCUT2D eigenvalue weighted by Crippen LogP contribution is -2.42. The van der Waals surface area contributed by atoms with Crippen LogP contribution in [0.1, 0.15) is 30.7 Å². The summed E-state index contributed by atoms with van der Waals surface area (Å²) in [7, 11) is 0. The number of rotatable bonds is 4. The first-order valence-corrected chi connectivity index (χ1v) is 8.91. The third-order valence-electron chi connectivity index (χ3n) is 4.92. The second-order valence-electron chi connectivity index (χ2n) is 6.77. The molecule has 0 bridgehead atoms. The summed E-state index contributed by atoms with van der Waals surface area (Å²) in [4.78, 5) is 9.67. The maximum atomic E-state index is 5.94. The zero-order chi connectivity index (χ0) is 15.5. The van der Waals surface area contributed by atoms with E-state index in [9.17, 15) is 0 Å². The Kier molecular flexibility index (Phi) is 4.60. The number of oxazole rings is 1. The van der Waals surface area contributed by atoms with Gasteiger partial charge in [-0.05, 0) is 43.6 Å². The zero-order valence-electron chi connectivity index (χ0n) is 13.8. The molecule has 2 aliphatic heterocycles. The van der Waals surface area contributed by atoms with Gasteiger partial charge in [-0.1, -0.05) is 12.5 Å². The van der Waals surface area contributed by atoms with Gasteiger partial charge >= 0.3 is 0 Å². The van der Waals surface area contributed by atoms with Gasteiger partial charge in [-0.3, -0.25) is 9.80 Å². The molecule has 1 aromatic carbocycles. The summed E-state index contributed by atoms with van der Waals surface area (Å²) in [6.45, 7) is 8.63. The molecule has 23 heavy (non-hydrogen) atoms. The first kappa shape index (κ1) is 15.1. The molecule has 2 aromatic rings. The van der Waals surface area contributed by atoms with Crippen LogP contribution in [-0.4, -0.2) is 54.1 Å². The van der Waals surface area contributed by atoms with Crippen molar-refractivity contribution in [3.63, 3.8) is 0 Å². The van der Waals surface area contributed by atoms with Gasteiger partial charge in [-0.2, -0.15) is 0 Å². The van der Waals surface area contributed by atoms with Gasteiger partial charge in [0, 0.05) is 32.7 Å². The van der Waals surface area contributed by atoms with Crippen LogP contribution >= 0.6 is 0 Å². The van der Waals surface area contributed by atoms with Crippen molar-refractivity contribution in [2.24, 2.45) is 0 Å². The maximum absolute atomic E-state index is 5.94. The molecule has 0 saturated carbocycles. The smallest absolute Gasteiger partial charge is 0.209 e. The lowest BCUT2D eigenvalue weighted by Gasteiger charge is -2.27. The standard InChI is InChI=1S/C18H26N4O/c1-2-8-21(9-3-1)14-18-20-16-12-15(4-5-17(16)23-18)13-22-10-6-19-7-11-22/h4-5,12,19H,1-3,6-11,13-14H2. The summed E-state index contributed by atoms with van der Waals surface area (Å²) in [5.74, 6) is 0.862. The van der Waals surface area contributed by atoms with Gasteiger partial charge in [-0.15, -0.1) is 0 Å². The largest absolute Gasteiger partial charge is 0.439 e. The number of nitrogens with zero attached hydrogens (tertiary/aromatic N) is 3. The van der Waals surface area contributed by atoms with Crippen LogP contribution < -0.4 is 5.32 Å². The fourth-order valence-electron chi connectivity index (χ4n) is 3.62. The van der Waals surface area contributed by atoms with Gasteiger partial charge in [0.15, 0.2) is 5.58 Å². The molecule has 1 aromatic heterocycles. The predicted molar refractivity (Wildman–Crippen MR) is 91.3 cm³/mol. The van der Waals surface area contributed by atoms with Crippen molar-refractivity contribution in [1.82, 2.24) is 20.1 Å². The average Bonchev–Trinajstić information content (AvgIpc) is 2.98. The van der Waals surface area contributed by atoms with Crippen LogP contribution in [0.3, 0.4) is 0 Å². The monoisotopic (exact) mass is 314 g/mol. The highest BCUT2D eigenvalue weighted by Crippen LogP contribution is 2.20. The number of piperidine rings is 1. The SMILES string of the molecule is c1cc2oc(CN3CCCCC3)nc2cc1CN1CCNCC1. The minimum absolute atomic E-state index is 0.849. The Morgan fingerprint density at radius 3 is 2.57 bits per heavy atom. The first-order valence-electron chi connectivity index (χ1n) is 8.91. The summed E-state index contributed by atoms with van der Waals surface area (Å²) in [6.07, 6.45) is 3.96. The van der Waals surface area contributed by atoms with Crippen molar-refractivity contribution in [3.8, 4) is 0 Å². The summed E-state index contributed by atoms with van der Waals surface area (Å²) >= 11 is 0. The van der Waals surface area contributed by atoms with Crippen LogP contribution in [0.15, 0.2) is 22.6 Å². The number of aromatic nitrogens is 1. The van der Waals surface area contributed by atoms with Gasteiger partial charge in [0.1, 0.15) is 5.52 Å². The van der Waals surface area contributed by atoms with Crippen molar-refractivity contribution in [2.45, 2.75) is 32.4 Å². The van der Waals surface area contributed by atoms with E-state index in [2.05, 4.69) is 33.3 Å². The number of benzene rings is 1. The molecule has 0 unspecified atom stereocenters. The second kappa shape index (κ2) is 6.99. The topological polar surface area (TPSA) is 44.5 Å². The summed E-state index contributed by atoms with van der Waals surface area (Å²) in [5.41, 5.74) is 3.25. The van der Waals surface area contributed by atoms with Crippen molar-refractivity contribution in [1.29, 1.82) is 0 Å². The minimum Gasteiger partial charge on any atom is -0.439 e. The van der Waals surface area contributed by atoms with E-state index in [1.165, 1.54) is 37.9 Å². The highest BCUT2D eigenvalue weighted by atomic mass is 16.3. The fraction of sp³-hybridized carbons (Fsp3) is 0.611. The number of nitrogens with one attached hydrogen (secondary N) is 1. The molecular weight excluding hydrogens is 288 g/mol. The molecule has 0 aliphatic carbocycles. The van der Waals surface area contributed by atoms with Gasteiger partial charge in [0.05, 0.1) is 6.54 Å². The van der Waals surface area contributed by atoms with Crippen molar-refractivity contribution in [2.75, 3.05) is 39.3 Å². The number of hydrogen-bond acceptors (Lipinski definition) is 5. The fourth-order valence-corrected chi connectivity index (χ4v) is 3.62. The van der Waals surface area contributed by atoms with E-state index in [-0.39, 0.29) is 0 Å². The van der Waals surface area contributed by atoms with E-state index in [0.717, 1.165) is 56.3 Å². The molecule has 2 aliphatic rings. The van der Waals surface area contributed by atoms with Crippen LogP contribution in [0, 0.1) is 0 Å². The molecule has 0 spiro atoms. The summed E-state index contributed by atoms with van der Waals surface area (Å²) in [5, 5.41) is 3.40. The third-order valence-corrected chi connectivity index (χ3v) is 4.92. The highest BCUT2D eigenvalue weighted by molar-refractivity contribution is 5.73. The van der Waals surface area contributed by atoms with Crippen molar-refractivity contribution in [3.05, 3.63) is 29.7 Å². The normalized spacial score (nSPS) is 21.0. The Morgan fingerprint density at radius 2 is 1.74 bits per heavy atom. The minimum atomic E-state index is 0.849. The Bertz CT molecular complexity index is 624. The molecule has 0 radical (unpaired) electrons. The Morgan fingerprint density at radius 1 is 0.957 bits per heavy atom. The van der Waals surface area contributed by atoms with Crippen LogP contribution in [0.25, 0.3) is 11.1 Å². The molecule has 3 heterocycles. The maximum Gasteiger partial charge on any atom is 0.209 e. The first-order chi connectivity index (χ1) is 11.4. The summed E-state index contributed by atoms with van der Waals surface area (Å²) in [6, 6.07) is 6.46. The lowest BCUT2D eigenvalue weighted by atomic mass is 10.1. The molecule has 1 N–H and O–H groups in total. The van der Waals surface area contributed by atoms with Crippen LogP contribution in [0.4, 0.5) is 0 Å². The van der Waals surface area contributed by atoms with Gasteiger partial charge < -0.3 is 9.73 Å². The van der Waals surface area contributed by atoms with Crippen molar-refractivity contribution < 1.29 is 4.42 Å². The Hall–Kier alpha value is -1.43. The molecular formula is C18H26N4O. The summed E-state index contributed by atoms with van der Waals surface area (Å²) < 4.78 is 5.94. The predicted octanol–water partition coefficient (Wildman–Crippen LogP) is 2.22.